The molecule has 6 rings (SSSR count). The number of primary amides is 1. The molecular weight excluding hydrogens is 1150 g/mol. The van der Waals surface area contributed by atoms with Gasteiger partial charge >= 0.3 is 24.1 Å². The highest BCUT2D eigenvalue weighted by molar-refractivity contribution is 9.10. The number of hydrogen-bond acceptors (Lipinski definition) is 15. The molecule has 0 radical (unpaired) electrons. The number of unbranched alkanes of at least 4 members (excludes halogenated alkanes) is 2. The SMILES string of the molecule is COc1cc2cc(c1Cl)N(C)C(=O)C[C@H](OC(=O)Nc1ccc(CC(=O)[C@H](CCCNC(N)=O)NC(=O)[C@@H](CC(=O)CCCCCOC(=O)C3CCC3)C(C)C)cc1Br)[C@]1(C)O[C@H]1[C@H](C)[C@@H]1C[C@@](O)(CC(=O)O1)[C@H](OC)/C=C/C=C(\C)C2. The number of ether oxygens (including phenoxy) is 6. The summed E-state index contributed by atoms with van der Waals surface area (Å²) in [6, 6.07) is 6.65. The van der Waals surface area contributed by atoms with Crippen LogP contribution in [0.15, 0.2) is 58.6 Å². The number of benzene rings is 2. The van der Waals surface area contributed by atoms with E-state index in [0.717, 1.165) is 30.4 Å². The topological polar surface area (TPSA) is 281 Å². The lowest BCUT2D eigenvalue weighted by molar-refractivity contribution is -0.187. The van der Waals surface area contributed by atoms with Crippen molar-refractivity contribution in [3.05, 3.63) is 74.8 Å². The van der Waals surface area contributed by atoms with Crippen LogP contribution in [0.1, 0.15) is 129 Å². The Morgan fingerprint density at radius 3 is 2.44 bits per heavy atom. The molecule has 0 unspecified atom stereocenters. The number of nitrogens with zero attached hydrogens (tertiary/aromatic N) is 1. The second-order valence-electron chi connectivity index (χ2n) is 22.8. The van der Waals surface area contributed by atoms with E-state index < -0.39 is 83.4 Å². The molecule has 3 aliphatic heterocycles. The normalized spacial score (nSPS) is 25.6. The number of carbonyl (C=O) groups excluding carboxylic acids is 8. The minimum absolute atomic E-state index is 0.00391. The van der Waals surface area contributed by atoms with Crippen molar-refractivity contribution in [3.8, 4) is 5.75 Å². The van der Waals surface area contributed by atoms with E-state index >= 15 is 0 Å². The van der Waals surface area contributed by atoms with E-state index in [1.54, 1.807) is 63.4 Å². The van der Waals surface area contributed by atoms with Crippen molar-refractivity contribution < 1.29 is 71.9 Å². The molecule has 4 aliphatic rings. The number of fused-ring (bicyclic) bond motifs is 5. The zero-order valence-electron chi connectivity index (χ0n) is 48.3. The van der Waals surface area contributed by atoms with Gasteiger partial charge in [0, 0.05) is 62.7 Å². The number of ketones is 2. The van der Waals surface area contributed by atoms with Crippen LogP contribution in [0.2, 0.25) is 5.02 Å². The molecule has 3 heterocycles. The van der Waals surface area contributed by atoms with Gasteiger partial charge in [0.15, 0.2) is 5.78 Å². The van der Waals surface area contributed by atoms with Gasteiger partial charge in [0.25, 0.3) is 0 Å². The molecule has 450 valence electrons. The summed E-state index contributed by atoms with van der Waals surface area (Å²) in [4.78, 5) is 108. The Labute approximate surface area is 493 Å². The molecule has 2 aromatic carbocycles. The minimum atomic E-state index is -1.64. The second-order valence-corrected chi connectivity index (χ2v) is 24.0. The summed E-state index contributed by atoms with van der Waals surface area (Å²) in [5.41, 5.74) is 5.15. The third-order valence-electron chi connectivity index (χ3n) is 16.2. The molecule has 2 saturated heterocycles. The van der Waals surface area contributed by atoms with E-state index in [4.69, 9.17) is 45.8 Å². The van der Waals surface area contributed by atoms with Crippen LogP contribution in [0.3, 0.4) is 0 Å². The number of esters is 2. The largest absolute Gasteiger partial charge is 0.495 e. The van der Waals surface area contributed by atoms with Crippen LogP contribution in [-0.2, 0) is 65.3 Å². The van der Waals surface area contributed by atoms with Crippen molar-refractivity contribution >= 4 is 86.3 Å². The number of rotatable bonds is 23. The Hall–Kier alpha value is -5.87. The van der Waals surface area contributed by atoms with Gasteiger partial charge in [-0.3, -0.25) is 34.1 Å². The highest BCUT2D eigenvalue weighted by Gasteiger charge is 2.64. The summed E-state index contributed by atoms with van der Waals surface area (Å²) >= 11 is 10.4. The van der Waals surface area contributed by atoms with Gasteiger partial charge in [0.2, 0.25) is 11.8 Å². The highest BCUT2D eigenvalue weighted by atomic mass is 79.9. The number of methoxy groups -OCH3 is 2. The van der Waals surface area contributed by atoms with E-state index in [9.17, 15) is 43.5 Å². The Morgan fingerprint density at radius 1 is 1.04 bits per heavy atom. The maximum Gasteiger partial charge on any atom is 0.412 e. The maximum absolute atomic E-state index is 14.4. The van der Waals surface area contributed by atoms with Crippen molar-refractivity contribution in [3.63, 3.8) is 0 Å². The first kappa shape index (κ1) is 65.3. The molecular formula is C60H81BrClN5O15. The number of nitrogens with two attached hydrogens (primary N) is 1. The number of allylic oxidation sites excluding steroid dienone is 3. The molecule has 5 amide bonds. The van der Waals surface area contributed by atoms with Crippen molar-refractivity contribution in [2.45, 2.75) is 173 Å². The molecule has 1 saturated carbocycles. The fraction of sp³-hybridized carbons (Fsp3) is 0.600. The first-order valence-corrected chi connectivity index (χ1v) is 29.4. The smallest absolute Gasteiger partial charge is 0.412 e. The molecule has 1 aliphatic carbocycles. The number of epoxide rings is 1. The fourth-order valence-corrected chi connectivity index (χ4v) is 11.7. The molecule has 9 atom stereocenters. The summed E-state index contributed by atoms with van der Waals surface area (Å²) in [6.07, 6.45) is 5.69. The van der Waals surface area contributed by atoms with Crippen LogP contribution >= 0.6 is 27.5 Å². The highest BCUT2D eigenvalue weighted by Crippen LogP contribution is 2.50. The maximum atomic E-state index is 14.4. The summed E-state index contributed by atoms with van der Waals surface area (Å²) < 4.78 is 35.4. The van der Waals surface area contributed by atoms with Crippen LogP contribution in [0, 0.1) is 23.7 Å². The number of anilines is 2. The zero-order valence-corrected chi connectivity index (χ0v) is 50.6. The minimum Gasteiger partial charge on any atom is -0.495 e. The molecule has 22 heteroatoms. The monoisotopic (exact) mass is 1230 g/mol. The average molecular weight is 1230 g/mol. The van der Waals surface area contributed by atoms with Gasteiger partial charge in [0.1, 0.15) is 46.1 Å². The Morgan fingerprint density at radius 2 is 1.78 bits per heavy atom. The number of hydrogen-bond donors (Lipinski definition) is 5. The van der Waals surface area contributed by atoms with E-state index in [2.05, 4.69) is 31.9 Å². The number of urea groups is 1. The van der Waals surface area contributed by atoms with E-state index in [1.807, 2.05) is 26.8 Å². The lowest BCUT2D eigenvalue weighted by Gasteiger charge is -2.41. The Balaban J connectivity index is 1.15. The summed E-state index contributed by atoms with van der Waals surface area (Å²) in [7, 11) is 4.48. The Bertz CT molecular complexity index is 2740. The lowest BCUT2D eigenvalue weighted by Crippen LogP contribution is -2.53. The van der Waals surface area contributed by atoms with Crippen LogP contribution in [0.25, 0.3) is 0 Å². The van der Waals surface area contributed by atoms with Crippen LogP contribution in [0.4, 0.5) is 21.0 Å². The number of carbonyl (C=O) groups is 8. The first-order valence-electron chi connectivity index (χ1n) is 28.3. The predicted molar refractivity (Wildman–Crippen MR) is 310 cm³/mol. The summed E-state index contributed by atoms with van der Waals surface area (Å²) in [5, 5.41) is 20.3. The fourth-order valence-electron chi connectivity index (χ4n) is 10.8. The van der Waals surface area contributed by atoms with E-state index in [1.165, 1.54) is 19.1 Å². The molecule has 3 fully saturated rings. The molecule has 0 spiro atoms. The standard InChI is InChI=1S/C60H81BrClN5O15/c1-34(2)41(30-40(68)18-10-9-11-24-79-56(73)39-16-13-17-39)55(72)65-44(19-14-23-64-57(63)74)46(69)28-37-21-22-43(42(61)26-37)66-58(75)81-50-31-51(70)67(6)45-27-38(29-47(77-7)53(45)62)25-35(3)15-12-20-49(78-8)60(76)32-48(80-52(71)33-60)36(4)54-59(50,5)82-54/h12,15,20-22,26-27,29,34,36,39,41,44,48-50,54,76H,9-11,13-14,16-19,23-25,28,30-33H2,1-8H3,(H,65,72)(H,66,75)(H3,63,64,74)/b20-12+,35-15+/t36-,41+,44+,48+,49-,50+,54+,59+,60-/m1/s1. The summed E-state index contributed by atoms with van der Waals surface area (Å²) in [6.45, 7) is 9.56. The number of aliphatic hydroxyl groups is 1. The van der Waals surface area contributed by atoms with Crippen molar-refractivity contribution in [1.29, 1.82) is 0 Å². The molecule has 82 heavy (non-hydrogen) atoms. The van der Waals surface area contributed by atoms with Gasteiger partial charge < -0.3 is 54.8 Å². The molecule has 6 N–H and O–H groups in total. The van der Waals surface area contributed by atoms with Crippen LogP contribution in [-0.4, -0.2) is 129 Å². The first-order chi connectivity index (χ1) is 38.9. The zero-order chi connectivity index (χ0) is 60.1. The average Bonchev–Trinajstić information content (AvgIpc) is 1.95. The van der Waals surface area contributed by atoms with Crippen molar-refractivity contribution in [2.24, 2.45) is 29.4 Å². The molecule has 4 bridgehead atoms. The molecule has 0 aromatic heterocycles. The van der Waals surface area contributed by atoms with Crippen LogP contribution < -0.4 is 31.3 Å². The number of Topliss-reactive ketones (excluding diaryl/α,β-unsaturated/α-hetero) is 2. The molecule has 2 aromatic rings. The van der Waals surface area contributed by atoms with Gasteiger partial charge in [-0.2, -0.15) is 0 Å². The van der Waals surface area contributed by atoms with Gasteiger partial charge in [0.05, 0.1) is 56.0 Å². The van der Waals surface area contributed by atoms with Crippen molar-refractivity contribution in [1.82, 2.24) is 10.6 Å². The second kappa shape index (κ2) is 29.6. The van der Waals surface area contributed by atoms with Crippen molar-refractivity contribution in [2.75, 3.05) is 44.6 Å². The lowest BCUT2D eigenvalue weighted by atomic mass is 9.78. The van der Waals surface area contributed by atoms with E-state index in [-0.39, 0.29) is 91.6 Å². The van der Waals surface area contributed by atoms with Gasteiger partial charge in [-0.25, -0.2) is 9.59 Å². The number of amides is 5. The van der Waals surface area contributed by atoms with Gasteiger partial charge in [-0.1, -0.05) is 68.7 Å². The van der Waals surface area contributed by atoms with Gasteiger partial charge in [-0.15, -0.1) is 0 Å². The van der Waals surface area contributed by atoms with Crippen LogP contribution in [0.5, 0.6) is 5.75 Å². The van der Waals surface area contributed by atoms with E-state index in [0.29, 0.717) is 60.2 Å². The third-order valence-corrected chi connectivity index (χ3v) is 17.2. The Kier molecular flexibility index (Phi) is 23.6. The number of halogens is 2. The third kappa shape index (κ3) is 17.6. The quantitative estimate of drug-likeness (QED) is 0.0302. The summed E-state index contributed by atoms with van der Waals surface area (Å²) in [5.74, 6) is -3.30. The number of nitrogens with one attached hydrogen (secondary N) is 3. The molecule has 20 nitrogen and oxygen atoms in total. The predicted octanol–water partition coefficient (Wildman–Crippen LogP) is 8.57. The van der Waals surface area contributed by atoms with Gasteiger partial charge in [-0.05, 0) is 122 Å².